The lowest BCUT2D eigenvalue weighted by Gasteiger charge is -2.41. The van der Waals surface area contributed by atoms with Gasteiger partial charge in [0.1, 0.15) is 5.58 Å². The van der Waals surface area contributed by atoms with Crippen LogP contribution in [0.1, 0.15) is 97.2 Å². The third kappa shape index (κ3) is 5.93. The minimum atomic E-state index is -0.603. The first-order chi connectivity index (χ1) is 35.9. The number of furan rings is 1. The smallest absolute Gasteiger partial charge is 0.159 e. The number of anilines is 3. The summed E-state index contributed by atoms with van der Waals surface area (Å²) in [4.78, 5) is 7.70. The Balaban J connectivity index is 1.05. The van der Waals surface area contributed by atoms with Gasteiger partial charge in [-0.1, -0.05) is 217 Å². The van der Waals surface area contributed by atoms with E-state index in [-0.39, 0.29) is 10.8 Å². The summed E-state index contributed by atoms with van der Waals surface area (Å²) in [5.74, 6) is 0. The van der Waals surface area contributed by atoms with E-state index in [1.165, 1.54) is 97.5 Å². The van der Waals surface area contributed by atoms with Gasteiger partial charge in [0.05, 0.1) is 16.5 Å². The molecule has 0 bridgehead atoms. The van der Waals surface area contributed by atoms with Crippen LogP contribution in [0.25, 0.3) is 44.2 Å². The predicted octanol–water partition coefficient (Wildman–Crippen LogP) is 19.3. The SMILES string of the molecule is CC(C)(C)c1ccc2c(c1)C1(c3cc(C(C)(C)C)ccc3S2)c2ccccc2-c2ccc(N(c3ccc4c(c3)C3(c5ccccc5Sc5ccccc53)c3ccccc3-4)c3cccc4c3oc3ccccc34)cc21. The number of fused-ring (bicyclic) bond motifs is 21. The maximum atomic E-state index is 7.04. The van der Waals surface area contributed by atoms with Crippen LogP contribution in [0.15, 0.2) is 236 Å². The molecule has 356 valence electrons. The van der Waals surface area contributed by atoms with Gasteiger partial charge in [-0.3, -0.25) is 0 Å². The summed E-state index contributed by atoms with van der Waals surface area (Å²) in [7, 11) is 0. The molecular formula is C70H53NOS2. The second-order valence-corrected chi connectivity index (χ2v) is 24.9. The van der Waals surface area contributed by atoms with Crippen molar-refractivity contribution in [3.05, 3.63) is 268 Å². The van der Waals surface area contributed by atoms with Gasteiger partial charge in [-0.15, -0.1) is 0 Å². The van der Waals surface area contributed by atoms with E-state index in [9.17, 15) is 0 Å². The van der Waals surface area contributed by atoms with Crippen molar-refractivity contribution in [2.24, 2.45) is 0 Å². The van der Waals surface area contributed by atoms with Crippen molar-refractivity contribution in [2.45, 2.75) is 82.8 Å². The summed E-state index contributed by atoms with van der Waals surface area (Å²) in [5.41, 5.74) is 22.0. The van der Waals surface area contributed by atoms with E-state index in [2.05, 4.69) is 259 Å². The first-order valence-corrected chi connectivity index (χ1v) is 27.6. The third-order valence-electron chi connectivity index (χ3n) is 16.7. The Bertz CT molecular complexity index is 4090. The van der Waals surface area contributed by atoms with Crippen LogP contribution in [0.5, 0.6) is 0 Å². The molecule has 10 aromatic carbocycles. The highest BCUT2D eigenvalue weighted by molar-refractivity contribution is 7.99. The van der Waals surface area contributed by atoms with Crippen molar-refractivity contribution in [2.75, 3.05) is 4.90 Å². The Morgan fingerprint density at radius 2 is 0.784 bits per heavy atom. The molecule has 0 radical (unpaired) electrons. The molecule has 1 aromatic heterocycles. The third-order valence-corrected chi connectivity index (χ3v) is 19.0. The highest BCUT2D eigenvalue weighted by Gasteiger charge is 2.53. The van der Waals surface area contributed by atoms with Crippen molar-refractivity contribution in [1.29, 1.82) is 0 Å². The van der Waals surface area contributed by atoms with Crippen LogP contribution in [-0.4, -0.2) is 0 Å². The van der Waals surface area contributed by atoms with Crippen LogP contribution in [0.4, 0.5) is 17.1 Å². The Kier molecular flexibility index (Phi) is 9.23. The Labute approximate surface area is 442 Å². The fourth-order valence-electron chi connectivity index (χ4n) is 13.3. The zero-order valence-electron chi connectivity index (χ0n) is 42.4. The molecule has 0 saturated heterocycles. The number of nitrogens with zero attached hydrogens (tertiary/aromatic N) is 1. The van der Waals surface area contributed by atoms with Crippen LogP contribution < -0.4 is 4.90 Å². The molecule has 4 aliphatic rings. The molecule has 4 heteroatoms. The van der Waals surface area contributed by atoms with E-state index in [0.29, 0.717) is 0 Å². The van der Waals surface area contributed by atoms with Gasteiger partial charge in [0.15, 0.2) is 5.58 Å². The van der Waals surface area contributed by atoms with Gasteiger partial charge >= 0.3 is 0 Å². The van der Waals surface area contributed by atoms with E-state index in [1.54, 1.807) is 0 Å². The molecule has 0 amide bonds. The van der Waals surface area contributed by atoms with Gasteiger partial charge in [-0.2, -0.15) is 0 Å². The van der Waals surface area contributed by atoms with Crippen LogP contribution in [0.2, 0.25) is 0 Å². The maximum absolute atomic E-state index is 7.04. The van der Waals surface area contributed by atoms with Gasteiger partial charge in [-0.25, -0.2) is 0 Å². The average molecular weight is 988 g/mol. The molecule has 0 saturated carbocycles. The zero-order valence-corrected chi connectivity index (χ0v) is 44.0. The quantitative estimate of drug-likeness (QED) is 0.175. The normalized spacial score (nSPS) is 15.0. The fraction of sp³-hybridized carbons (Fsp3) is 0.143. The Morgan fingerprint density at radius 3 is 1.32 bits per heavy atom. The Hall–Kier alpha value is -7.50. The second-order valence-electron chi connectivity index (χ2n) is 22.8. The Morgan fingerprint density at radius 1 is 0.351 bits per heavy atom. The number of benzene rings is 10. The highest BCUT2D eigenvalue weighted by atomic mass is 32.2. The van der Waals surface area contributed by atoms with Crippen molar-refractivity contribution < 1.29 is 4.42 Å². The summed E-state index contributed by atoms with van der Waals surface area (Å²) in [5, 5.41) is 2.21. The molecule has 0 fully saturated rings. The molecule has 2 nitrogen and oxygen atoms in total. The minimum absolute atomic E-state index is 0.0536. The van der Waals surface area contributed by atoms with Gasteiger partial charge < -0.3 is 9.32 Å². The minimum Gasteiger partial charge on any atom is -0.454 e. The van der Waals surface area contributed by atoms with E-state index < -0.39 is 10.8 Å². The van der Waals surface area contributed by atoms with Crippen LogP contribution in [0, 0.1) is 0 Å². The lowest BCUT2D eigenvalue weighted by molar-refractivity contribution is 0.581. The largest absolute Gasteiger partial charge is 0.454 e. The molecule has 0 unspecified atom stereocenters. The van der Waals surface area contributed by atoms with Gasteiger partial charge in [0.25, 0.3) is 0 Å². The monoisotopic (exact) mass is 987 g/mol. The highest BCUT2D eigenvalue weighted by Crippen LogP contribution is 2.65. The average Bonchev–Trinajstić information content (AvgIpc) is 4.08. The molecule has 74 heavy (non-hydrogen) atoms. The molecule has 2 spiro atoms. The maximum Gasteiger partial charge on any atom is 0.159 e. The number of hydrogen-bond acceptors (Lipinski definition) is 4. The molecule has 11 aromatic rings. The van der Waals surface area contributed by atoms with E-state index in [0.717, 1.165) is 39.0 Å². The van der Waals surface area contributed by atoms with Gasteiger partial charge in [0.2, 0.25) is 0 Å². The topological polar surface area (TPSA) is 16.4 Å². The molecule has 15 rings (SSSR count). The number of hydrogen-bond donors (Lipinski definition) is 0. The molecule has 2 aliphatic heterocycles. The molecule has 0 N–H and O–H groups in total. The number of rotatable bonds is 3. The fourth-order valence-corrected chi connectivity index (χ4v) is 15.7. The number of para-hydroxylation sites is 2. The summed E-state index contributed by atoms with van der Waals surface area (Å²) in [6, 6.07) is 81.0. The molecule has 0 atom stereocenters. The summed E-state index contributed by atoms with van der Waals surface area (Å²) >= 11 is 3.81. The molecule has 2 aliphatic carbocycles. The first-order valence-electron chi connectivity index (χ1n) is 26.0. The van der Waals surface area contributed by atoms with Crippen LogP contribution in [0.3, 0.4) is 0 Å². The van der Waals surface area contributed by atoms with E-state index in [1.807, 2.05) is 23.5 Å². The first kappa shape index (κ1) is 44.0. The summed E-state index contributed by atoms with van der Waals surface area (Å²) in [6.07, 6.45) is 0. The lowest BCUT2D eigenvalue weighted by Crippen LogP contribution is -2.33. The van der Waals surface area contributed by atoms with Crippen molar-refractivity contribution in [1.82, 2.24) is 0 Å². The van der Waals surface area contributed by atoms with E-state index in [4.69, 9.17) is 4.42 Å². The van der Waals surface area contributed by atoms with E-state index >= 15 is 0 Å². The molecular weight excluding hydrogens is 935 g/mol. The zero-order chi connectivity index (χ0) is 49.9. The van der Waals surface area contributed by atoms with Gasteiger partial charge in [0, 0.05) is 41.7 Å². The summed E-state index contributed by atoms with van der Waals surface area (Å²) in [6.45, 7) is 14.1. The standard InChI is InChI=1S/C70H53NOS2/c1-67(2,3)42-30-36-64-58(38-42)70(59-39-43(68(4,5)6)31-37-65(59)74-64)53-23-11-8-19-47(53)49-35-33-45(41-57(49)70)71(60-26-17-21-51-50-20-9-14-27-61(50)72-66(51)60)44-32-34-48-46-18-7-10-22-52(46)69(56(48)40-44)54-24-12-15-28-62(54)73-63-29-16-13-25-55(63)69/h7-41H,1-6H3. The lowest BCUT2D eigenvalue weighted by atomic mass is 9.65. The molecule has 3 heterocycles. The summed E-state index contributed by atoms with van der Waals surface area (Å²) < 4.78 is 7.04. The van der Waals surface area contributed by atoms with Crippen molar-refractivity contribution >= 4 is 62.5 Å². The van der Waals surface area contributed by atoms with Crippen LogP contribution in [-0.2, 0) is 21.7 Å². The predicted molar refractivity (Wildman–Crippen MR) is 309 cm³/mol. The van der Waals surface area contributed by atoms with Crippen molar-refractivity contribution in [3.8, 4) is 22.3 Å². The van der Waals surface area contributed by atoms with Crippen LogP contribution >= 0.6 is 23.5 Å². The van der Waals surface area contributed by atoms with Crippen molar-refractivity contribution in [3.63, 3.8) is 0 Å². The second kappa shape index (κ2) is 15.5. The van der Waals surface area contributed by atoms with Gasteiger partial charge in [-0.05, 0) is 149 Å².